The average molecular weight is 287 g/mol. The first kappa shape index (κ1) is 14.5. The van der Waals surface area contributed by atoms with Crippen molar-refractivity contribution in [2.24, 2.45) is 28.1 Å². The molecule has 2 rings (SSSR count). The molecule has 2 unspecified atom stereocenters. The molecular formula is C16H24Cl2. The van der Waals surface area contributed by atoms with Gasteiger partial charge in [-0.2, -0.15) is 0 Å². The standard InChI is InChI=1S/C16H24Cl2/c1-10(2)7-11-15(5,6)16(11,9-13(17)18)12-8-14(12,3)4/h7,9-10,12H,8H2,1-6H3/b11-7+. The largest absolute Gasteiger partial charge is 0.103 e. The maximum Gasteiger partial charge on any atom is 0.103 e. The summed E-state index contributed by atoms with van der Waals surface area (Å²) in [6.45, 7) is 13.8. The molecule has 0 N–H and O–H groups in total. The van der Waals surface area contributed by atoms with Crippen molar-refractivity contribution in [3.63, 3.8) is 0 Å². The van der Waals surface area contributed by atoms with Crippen molar-refractivity contribution in [1.82, 2.24) is 0 Å². The van der Waals surface area contributed by atoms with Gasteiger partial charge in [0.2, 0.25) is 0 Å². The Kier molecular flexibility index (Phi) is 3.24. The van der Waals surface area contributed by atoms with E-state index in [1.54, 1.807) is 0 Å². The van der Waals surface area contributed by atoms with Crippen LogP contribution in [0.2, 0.25) is 0 Å². The predicted octanol–water partition coefficient (Wildman–Crippen LogP) is 5.96. The minimum atomic E-state index is 0.0968. The van der Waals surface area contributed by atoms with E-state index in [-0.39, 0.29) is 10.8 Å². The average Bonchev–Trinajstić information content (AvgIpc) is 2.91. The lowest BCUT2D eigenvalue weighted by molar-refractivity contribution is 0.363. The van der Waals surface area contributed by atoms with Gasteiger partial charge in [0, 0.05) is 5.41 Å². The zero-order chi connectivity index (χ0) is 13.9. The molecule has 0 aromatic rings. The molecule has 18 heavy (non-hydrogen) atoms. The van der Waals surface area contributed by atoms with E-state index in [0.29, 0.717) is 21.7 Å². The van der Waals surface area contributed by atoms with E-state index in [4.69, 9.17) is 23.2 Å². The van der Waals surface area contributed by atoms with E-state index in [9.17, 15) is 0 Å². The Morgan fingerprint density at radius 2 is 1.72 bits per heavy atom. The third-order valence-corrected chi connectivity index (χ3v) is 5.21. The van der Waals surface area contributed by atoms with Crippen LogP contribution in [0.3, 0.4) is 0 Å². The Morgan fingerprint density at radius 3 is 2.06 bits per heavy atom. The first-order chi connectivity index (χ1) is 8.05. The molecule has 0 aliphatic heterocycles. The molecule has 0 bridgehead atoms. The summed E-state index contributed by atoms with van der Waals surface area (Å²) in [5, 5.41) is 0. The summed E-state index contributed by atoms with van der Waals surface area (Å²) >= 11 is 12.0. The predicted molar refractivity (Wildman–Crippen MR) is 80.8 cm³/mol. The number of hydrogen-bond acceptors (Lipinski definition) is 0. The first-order valence-electron chi connectivity index (χ1n) is 6.82. The summed E-state index contributed by atoms with van der Waals surface area (Å²) in [5.74, 6) is 1.25. The highest BCUT2D eigenvalue weighted by Gasteiger charge is 2.75. The molecule has 2 saturated carbocycles. The molecule has 0 amide bonds. The van der Waals surface area contributed by atoms with Crippen LogP contribution in [0.15, 0.2) is 22.2 Å². The van der Waals surface area contributed by atoms with E-state index < -0.39 is 0 Å². The molecule has 0 aromatic carbocycles. The number of rotatable bonds is 3. The lowest BCUT2D eigenvalue weighted by atomic mass is 9.86. The fourth-order valence-corrected chi connectivity index (χ4v) is 4.17. The van der Waals surface area contributed by atoms with Crippen LogP contribution in [0.25, 0.3) is 0 Å². The van der Waals surface area contributed by atoms with Crippen LogP contribution in [0, 0.1) is 28.1 Å². The van der Waals surface area contributed by atoms with Gasteiger partial charge < -0.3 is 0 Å². The Hall–Kier alpha value is 0.0600. The van der Waals surface area contributed by atoms with Gasteiger partial charge >= 0.3 is 0 Å². The highest BCUT2D eigenvalue weighted by atomic mass is 35.5. The van der Waals surface area contributed by atoms with Gasteiger partial charge in [0.25, 0.3) is 0 Å². The van der Waals surface area contributed by atoms with Crippen molar-refractivity contribution < 1.29 is 0 Å². The first-order valence-corrected chi connectivity index (χ1v) is 7.58. The zero-order valence-corrected chi connectivity index (χ0v) is 13.8. The molecule has 0 aromatic heterocycles. The summed E-state index contributed by atoms with van der Waals surface area (Å²) in [7, 11) is 0. The Bertz CT molecular complexity index is 422. The third-order valence-electron chi connectivity index (χ3n) is 4.99. The smallest absolute Gasteiger partial charge is 0.0813 e. The molecule has 0 heterocycles. The molecule has 2 aliphatic rings. The van der Waals surface area contributed by atoms with Crippen LogP contribution in [0.4, 0.5) is 0 Å². The summed E-state index contributed by atoms with van der Waals surface area (Å²) < 4.78 is 0.415. The molecule has 2 atom stereocenters. The Morgan fingerprint density at radius 1 is 1.22 bits per heavy atom. The molecule has 2 aliphatic carbocycles. The van der Waals surface area contributed by atoms with E-state index in [0.717, 1.165) is 0 Å². The SMILES string of the molecule is CC(C)/C=C1\C(C)(C)C1(C=C(Cl)Cl)C1CC1(C)C. The van der Waals surface area contributed by atoms with Gasteiger partial charge in [0.15, 0.2) is 0 Å². The maximum atomic E-state index is 6.00. The lowest BCUT2D eigenvalue weighted by Crippen LogP contribution is -2.12. The Balaban J connectivity index is 2.44. The van der Waals surface area contributed by atoms with Crippen LogP contribution in [-0.4, -0.2) is 0 Å². The molecule has 102 valence electrons. The molecular weight excluding hydrogens is 263 g/mol. The van der Waals surface area contributed by atoms with Crippen LogP contribution in [0.5, 0.6) is 0 Å². The highest BCUT2D eigenvalue weighted by molar-refractivity contribution is 6.56. The molecule has 0 nitrogen and oxygen atoms in total. The van der Waals surface area contributed by atoms with Crippen molar-refractivity contribution in [3.8, 4) is 0 Å². The van der Waals surface area contributed by atoms with Crippen molar-refractivity contribution >= 4 is 23.2 Å². The minimum absolute atomic E-state index is 0.0968. The summed E-state index contributed by atoms with van der Waals surface area (Å²) in [4.78, 5) is 0. The number of hydrogen-bond donors (Lipinski definition) is 0. The summed E-state index contributed by atoms with van der Waals surface area (Å²) in [5.41, 5.74) is 2.24. The normalized spacial score (nSPS) is 37.8. The molecule has 0 saturated heterocycles. The van der Waals surface area contributed by atoms with Gasteiger partial charge in [0.05, 0.1) is 0 Å². The molecule has 2 heteroatoms. The van der Waals surface area contributed by atoms with Crippen molar-refractivity contribution in [1.29, 1.82) is 0 Å². The minimum Gasteiger partial charge on any atom is -0.0813 e. The van der Waals surface area contributed by atoms with E-state index in [1.807, 2.05) is 0 Å². The second-order valence-electron chi connectivity index (χ2n) is 7.50. The lowest BCUT2D eigenvalue weighted by Gasteiger charge is -2.17. The monoisotopic (exact) mass is 286 g/mol. The van der Waals surface area contributed by atoms with Gasteiger partial charge in [-0.25, -0.2) is 0 Å². The number of halogens is 2. The van der Waals surface area contributed by atoms with Crippen molar-refractivity contribution in [2.45, 2.75) is 48.0 Å². The molecule has 2 fully saturated rings. The zero-order valence-electron chi connectivity index (χ0n) is 12.3. The van der Waals surface area contributed by atoms with Gasteiger partial charge in [-0.05, 0) is 35.2 Å². The Labute approximate surface area is 121 Å². The molecule has 0 spiro atoms. The van der Waals surface area contributed by atoms with E-state index in [2.05, 4.69) is 53.7 Å². The van der Waals surface area contributed by atoms with Crippen molar-refractivity contribution in [3.05, 3.63) is 22.2 Å². The highest BCUT2D eigenvalue weighted by Crippen LogP contribution is 2.82. The second kappa shape index (κ2) is 4.03. The fourth-order valence-electron chi connectivity index (χ4n) is 3.83. The van der Waals surface area contributed by atoms with Crippen LogP contribution < -0.4 is 0 Å². The second-order valence-corrected chi connectivity index (χ2v) is 8.51. The van der Waals surface area contributed by atoms with E-state index in [1.165, 1.54) is 12.0 Å². The summed E-state index contributed by atoms with van der Waals surface area (Å²) in [6, 6.07) is 0. The molecule has 0 radical (unpaired) electrons. The van der Waals surface area contributed by atoms with Gasteiger partial charge in [-0.3, -0.25) is 0 Å². The van der Waals surface area contributed by atoms with E-state index >= 15 is 0 Å². The van der Waals surface area contributed by atoms with Gasteiger partial charge in [0.1, 0.15) is 4.49 Å². The van der Waals surface area contributed by atoms with Crippen LogP contribution in [0.1, 0.15) is 48.0 Å². The van der Waals surface area contributed by atoms with Gasteiger partial charge in [-0.15, -0.1) is 0 Å². The number of allylic oxidation sites excluding steroid dienone is 3. The topological polar surface area (TPSA) is 0 Å². The summed E-state index contributed by atoms with van der Waals surface area (Å²) in [6.07, 6.45) is 5.77. The van der Waals surface area contributed by atoms with Crippen LogP contribution >= 0.6 is 23.2 Å². The van der Waals surface area contributed by atoms with Gasteiger partial charge in [-0.1, -0.05) is 76.4 Å². The van der Waals surface area contributed by atoms with Crippen LogP contribution in [-0.2, 0) is 0 Å². The fraction of sp³-hybridized carbons (Fsp3) is 0.750. The maximum absolute atomic E-state index is 6.00. The quantitative estimate of drug-likeness (QED) is 0.562. The third kappa shape index (κ3) is 1.96. The van der Waals surface area contributed by atoms with Crippen molar-refractivity contribution in [2.75, 3.05) is 0 Å².